The molecular formula is C38H55N3O7Si. The number of piperidine rings is 1. The van der Waals surface area contributed by atoms with Crippen LogP contribution in [0.25, 0.3) is 10.9 Å². The molecular weight excluding hydrogens is 639 g/mol. The first-order chi connectivity index (χ1) is 22.6. The molecule has 49 heavy (non-hydrogen) atoms. The summed E-state index contributed by atoms with van der Waals surface area (Å²) in [5.41, 5.74) is -0.945. The van der Waals surface area contributed by atoms with Gasteiger partial charge in [0.2, 0.25) is 5.90 Å². The molecule has 2 saturated heterocycles. The Morgan fingerprint density at radius 2 is 1.86 bits per heavy atom. The highest BCUT2D eigenvalue weighted by Crippen LogP contribution is 2.55. The van der Waals surface area contributed by atoms with Gasteiger partial charge in [-0.2, -0.15) is 0 Å². The van der Waals surface area contributed by atoms with E-state index in [1.807, 2.05) is 58.6 Å². The van der Waals surface area contributed by atoms with Crippen LogP contribution in [0.4, 0.5) is 4.79 Å². The van der Waals surface area contributed by atoms with E-state index in [-0.39, 0.29) is 36.0 Å². The van der Waals surface area contributed by atoms with E-state index in [2.05, 4.69) is 40.4 Å². The number of aromatic nitrogens is 1. The highest BCUT2D eigenvalue weighted by atomic mass is 28.4. The van der Waals surface area contributed by atoms with Crippen LogP contribution in [0.3, 0.4) is 0 Å². The van der Waals surface area contributed by atoms with Gasteiger partial charge in [0.1, 0.15) is 35.0 Å². The molecule has 7 rings (SSSR count). The van der Waals surface area contributed by atoms with Gasteiger partial charge in [-0.05, 0) is 96.6 Å². The van der Waals surface area contributed by atoms with Gasteiger partial charge in [-0.3, -0.25) is 4.79 Å². The average Bonchev–Trinajstić information content (AvgIpc) is 3.54. The summed E-state index contributed by atoms with van der Waals surface area (Å²) >= 11 is 0. The largest absolute Gasteiger partial charge is 0.485 e. The number of hydrogen-bond donors (Lipinski definition) is 0. The fraction of sp³-hybridized carbons (Fsp3) is 0.658. The van der Waals surface area contributed by atoms with E-state index in [0.29, 0.717) is 35.9 Å². The van der Waals surface area contributed by atoms with Crippen molar-refractivity contribution in [3.05, 3.63) is 36.0 Å². The van der Waals surface area contributed by atoms with E-state index < -0.39 is 36.7 Å². The number of ether oxygens (including phenoxy) is 4. The van der Waals surface area contributed by atoms with Crippen LogP contribution >= 0.6 is 0 Å². The summed E-state index contributed by atoms with van der Waals surface area (Å²) in [5.74, 6) is 1.36. The van der Waals surface area contributed by atoms with E-state index >= 15 is 0 Å². The van der Waals surface area contributed by atoms with Crippen molar-refractivity contribution in [2.24, 2.45) is 10.9 Å². The van der Waals surface area contributed by atoms with Crippen LogP contribution < -0.4 is 9.47 Å². The van der Waals surface area contributed by atoms with Crippen molar-refractivity contribution in [3.63, 3.8) is 0 Å². The lowest BCUT2D eigenvalue weighted by Gasteiger charge is -2.57. The number of rotatable bonds is 5. The molecule has 4 atom stereocenters. The Bertz CT molecular complexity index is 1750. The summed E-state index contributed by atoms with van der Waals surface area (Å²) in [7, 11) is -0.550. The third kappa shape index (κ3) is 5.59. The number of hydrogen-bond acceptors (Lipinski definition) is 8. The van der Waals surface area contributed by atoms with Crippen molar-refractivity contribution in [3.8, 4) is 11.5 Å². The van der Waals surface area contributed by atoms with Gasteiger partial charge < -0.3 is 28.3 Å². The van der Waals surface area contributed by atoms with Gasteiger partial charge in [-0.1, -0.05) is 32.9 Å². The van der Waals surface area contributed by atoms with Gasteiger partial charge >= 0.3 is 6.09 Å². The van der Waals surface area contributed by atoms with E-state index in [1.165, 1.54) is 4.57 Å². The number of carbonyl (C=O) groups excluding carboxylic acids is 2. The van der Waals surface area contributed by atoms with E-state index in [4.69, 9.17) is 28.4 Å². The van der Waals surface area contributed by atoms with Crippen LogP contribution in [0.1, 0.15) is 87.1 Å². The maximum Gasteiger partial charge on any atom is 0.419 e. The molecule has 11 heteroatoms. The summed E-state index contributed by atoms with van der Waals surface area (Å²) in [4.78, 5) is 35.7. The first kappa shape index (κ1) is 35.5. The van der Waals surface area contributed by atoms with Gasteiger partial charge in [0.15, 0.2) is 25.4 Å². The molecule has 0 saturated carbocycles. The number of methoxy groups -OCH3 is 1. The molecule has 2 bridgehead atoms. The Labute approximate surface area is 292 Å². The van der Waals surface area contributed by atoms with Gasteiger partial charge in [0, 0.05) is 30.5 Å². The molecule has 0 aliphatic carbocycles. The van der Waals surface area contributed by atoms with E-state index in [9.17, 15) is 9.59 Å². The van der Waals surface area contributed by atoms with Crippen molar-refractivity contribution < 1.29 is 33.0 Å². The zero-order valence-electron chi connectivity index (χ0n) is 31.5. The molecule has 268 valence electrons. The van der Waals surface area contributed by atoms with E-state index in [0.717, 1.165) is 29.4 Å². The van der Waals surface area contributed by atoms with Crippen molar-refractivity contribution in [1.82, 2.24) is 9.47 Å². The quantitative estimate of drug-likeness (QED) is 0.234. The minimum Gasteiger partial charge on any atom is -0.485 e. The number of benzene rings is 1. The van der Waals surface area contributed by atoms with Crippen LogP contribution in [-0.2, 0) is 25.1 Å². The topological polar surface area (TPSA) is 101 Å². The third-order valence-corrected chi connectivity index (χ3v) is 16.0. The lowest BCUT2D eigenvalue weighted by Crippen LogP contribution is -2.72. The summed E-state index contributed by atoms with van der Waals surface area (Å²) in [6.45, 7) is 27.9. The minimum absolute atomic E-state index is 0.00749. The zero-order chi connectivity index (χ0) is 36.1. The molecule has 2 fully saturated rings. The Hall–Kier alpha value is -3.31. The van der Waals surface area contributed by atoms with Crippen LogP contribution in [-0.4, -0.2) is 84.3 Å². The van der Waals surface area contributed by atoms with Crippen LogP contribution in [0.2, 0.25) is 18.1 Å². The van der Waals surface area contributed by atoms with Crippen LogP contribution in [0.5, 0.6) is 11.5 Å². The van der Waals surface area contributed by atoms with Crippen LogP contribution in [0.15, 0.2) is 35.5 Å². The molecule has 1 aromatic heterocycles. The molecule has 0 N–H and O–H groups in total. The van der Waals surface area contributed by atoms with Gasteiger partial charge in [0.25, 0.3) is 5.91 Å². The Balaban J connectivity index is 1.50. The SMILES string of the molecule is C=C(C)[C@H]1C[C@@]23CCCN2C(=O)[C@]1(Cc1cn(C(=O)OC(C)(C)C)c2c4c(ccc12)OC(C)(C)C(O[Si](C)(C)C(C)(C)C)CO4)N=C3OC. The summed E-state index contributed by atoms with van der Waals surface area (Å²) < 4.78 is 33.6. The fourth-order valence-corrected chi connectivity index (χ4v) is 9.33. The van der Waals surface area contributed by atoms with Crippen LogP contribution in [0, 0.1) is 5.92 Å². The number of amides is 1. The average molecular weight is 694 g/mol. The summed E-state index contributed by atoms with van der Waals surface area (Å²) in [5, 5.41) is 0.752. The Morgan fingerprint density at radius 1 is 1.16 bits per heavy atom. The third-order valence-electron chi connectivity index (χ3n) is 11.5. The molecule has 10 nitrogen and oxygen atoms in total. The maximum absolute atomic E-state index is 14.6. The second-order valence-corrected chi connectivity index (χ2v) is 22.4. The van der Waals surface area contributed by atoms with E-state index in [1.54, 1.807) is 13.3 Å². The number of fused-ring (bicyclic) bond motifs is 4. The lowest BCUT2D eigenvalue weighted by atomic mass is 9.62. The molecule has 6 heterocycles. The molecule has 5 aliphatic heterocycles. The zero-order valence-corrected chi connectivity index (χ0v) is 32.5. The molecule has 1 aromatic carbocycles. The predicted molar refractivity (Wildman–Crippen MR) is 193 cm³/mol. The number of nitrogens with zero attached hydrogens (tertiary/aromatic N) is 3. The van der Waals surface area contributed by atoms with Crippen molar-refractivity contribution in [1.29, 1.82) is 0 Å². The minimum atomic E-state index is -2.19. The molecule has 1 amide bonds. The number of carbonyl (C=O) groups is 2. The molecule has 1 unspecified atom stereocenters. The molecule has 0 radical (unpaired) electrons. The highest BCUT2D eigenvalue weighted by molar-refractivity contribution is 6.74. The first-order valence-corrected chi connectivity index (χ1v) is 20.5. The predicted octanol–water partition coefficient (Wildman–Crippen LogP) is 7.66. The highest BCUT2D eigenvalue weighted by Gasteiger charge is 2.67. The second kappa shape index (κ2) is 11.3. The second-order valence-electron chi connectivity index (χ2n) is 17.6. The summed E-state index contributed by atoms with van der Waals surface area (Å²) in [6.07, 6.45) is 3.54. The Kier molecular flexibility index (Phi) is 8.23. The Morgan fingerprint density at radius 3 is 2.47 bits per heavy atom. The first-order valence-electron chi connectivity index (χ1n) is 17.6. The normalized spacial score (nSPS) is 27.9. The van der Waals surface area contributed by atoms with Crippen molar-refractivity contribution in [2.75, 3.05) is 20.3 Å². The summed E-state index contributed by atoms with van der Waals surface area (Å²) in [6, 6.07) is 3.84. The monoisotopic (exact) mass is 693 g/mol. The standard InChI is InChI=1S/C38H55N3O7Si/c1-23(2)26-20-37-17-14-18-41(37)32(42)38(26,39-31(37)44-11)19-24-21-40(33(43)47-34(3,4)5)29-25(24)15-16-27-30(29)45-22-28(36(9,10)46-27)48-49(12,13)35(6,7)8/h15-16,21,26,28H,1,14,17-20,22H2,2-13H3/t26-,28?,37-,38-/m1/s1. The number of aliphatic imine (C=N–C) groups is 1. The smallest absolute Gasteiger partial charge is 0.419 e. The van der Waals surface area contributed by atoms with Crippen molar-refractivity contribution in [2.45, 2.75) is 135 Å². The van der Waals surface area contributed by atoms with Crippen molar-refractivity contribution >= 4 is 37.1 Å². The van der Waals surface area contributed by atoms with Gasteiger partial charge in [-0.15, -0.1) is 0 Å². The molecule has 1 spiro atoms. The lowest BCUT2D eigenvalue weighted by molar-refractivity contribution is -0.149. The van der Waals surface area contributed by atoms with Gasteiger partial charge in [-0.25, -0.2) is 14.4 Å². The fourth-order valence-electron chi connectivity index (χ4n) is 7.92. The maximum atomic E-state index is 14.6. The molecule has 2 aromatic rings. The molecule has 5 aliphatic rings. The van der Waals surface area contributed by atoms with Gasteiger partial charge in [0.05, 0.1) is 7.11 Å².